The van der Waals surface area contributed by atoms with E-state index >= 15 is 0 Å². The summed E-state index contributed by atoms with van der Waals surface area (Å²) >= 11 is 0. The Hall–Kier alpha value is -2.82. The van der Waals surface area contributed by atoms with E-state index in [2.05, 4.69) is 10.2 Å². The number of rotatable bonds is 0. The van der Waals surface area contributed by atoms with Gasteiger partial charge in [0.1, 0.15) is 11.5 Å². The largest absolute Gasteiger partial charge is 0.508 e. The number of aromatic nitrogens is 2. The minimum absolute atomic E-state index is 0.169. The van der Waals surface area contributed by atoms with Crippen LogP contribution in [0.1, 0.15) is 0 Å². The Balaban J connectivity index is 0.000000123. The number of aromatic hydroxyl groups is 2. The summed E-state index contributed by atoms with van der Waals surface area (Å²) in [6.07, 6.45) is 0. The van der Waals surface area contributed by atoms with Gasteiger partial charge in [-0.25, -0.2) is 0 Å². The molecule has 5 heteroatoms. The Morgan fingerprint density at radius 1 is 0.684 bits per heavy atom. The van der Waals surface area contributed by atoms with E-state index in [0.29, 0.717) is 11.4 Å². The molecule has 4 aromatic rings. The van der Waals surface area contributed by atoms with Crippen LogP contribution < -0.4 is 0 Å². The molecule has 0 fully saturated rings. The van der Waals surface area contributed by atoms with E-state index in [1.54, 1.807) is 0 Å². The van der Waals surface area contributed by atoms with Crippen molar-refractivity contribution in [3.05, 3.63) is 48.5 Å². The first kappa shape index (κ1) is 11.3. The lowest BCUT2D eigenvalue weighted by Gasteiger charge is -1.88. The standard InChI is InChI=1S/C8H4N2O.C6H6O2/c1-2-4-6-5(3-1)7-9-10-8(6)11-7;7-5-1-2-6(8)4-3-5/h1-4H;1-4,7-8H. The number of phenolic OH excluding ortho intramolecular Hbond substituents is 2. The monoisotopic (exact) mass is 254 g/mol. The summed E-state index contributed by atoms with van der Waals surface area (Å²) in [5.41, 5.74) is 1.27. The summed E-state index contributed by atoms with van der Waals surface area (Å²) in [5.74, 6) is 0.339. The molecule has 0 saturated heterocycles. The Kier molecular flexibility index (Phi) is 2.64. The van der Waals surface area contributed by atoms with Gasteiger partial charge in [-0.1, -0.05) is 12.1 Å². The van der Waals surface area contributed by atoms with Gasteiger partial charge in [-0.05, 0) is 36.4 Å². The van der Waals surface area contributed by atoms with E-state index in [1.807, 2.05) is 24.3 Å². The summed E-state index contributed by atoms with van der Waals surface area (Å²) in [5, 5.41) is 27.1. The van der Waals surface area contributed by atoms with Crippen LogP contribution in [0.5, 0.6) is 11.5 Å². The van der Waals surface area contributed by atoms with E-state index in [9.17, 15) is 0 Å². The van der Waals surface area contributed by atoms with Crippen molar-refractivity contribution < 1.29 is 14.6 Å². The minimum atomic E-state index is 0.169. The molecule has 0 aliphatic heterocycles. The molecule has 0 saturated carbocycles. The molecule has 2 bridgehead atoms. The zero-order valence-corrected chi connectivity index (χ0v) is 9.82. The normalized spacial score (nSPS) is 10.5. The number of furan rings is 1. The molecule has 0 aliphatic carbocycles. The van der Waals surface area contributed by atoms with Crippen molar-refractivity contribution in [1.29, 1.82) is 0 Å². The SMILES string of the molecule is Oc1ccc(O)cc1.c1ccc2c3nnc(o3)c2c1. The van der Waals surface area contributed by atoms with Gasteiger partial charge in [-0.2, -0.15) is 0 Å². The van der Waals surface area contributed by atoms with Crippen molar-refractivity contribution in [1.82, 2.24) is 10.2 Å². The highest BCUT2D eigenvalue weighted by atomic mass is 16.4. The first-order chi connectivity index (χ1) is 9.24. The molecule has 5 nitrogen and oxygen atoms in total. The number of nitrogens with zero attached hydrogens (tertiary/aromatic N) is 2. The van der Waals surface area contributed by atoms with Crippen molar-refractivity contribution in [3.8, 4) is 11.5 Å². The van der Waals surface area contributed by atoms with Crippen molar-refractivity contribution in [2.75, 3.05) is 0 Å². The van der Waals surface area contributed by atoms with Gasteiger partial charge in [-0.15, -0.1) is 10.2 Å². The Morgan fingerprint density at radius 3 is 1.53 bits per heavy atom. The van der Waals surface area contributed by atoms with Gasteiger partial charge >= 0.3 is 0 Å². The van der Waals surface area contributed by atoms with Crippen LogP contribution in [0.25, 0.3) is 22.2 Å². The maximum absolute atomic E-state index is 8.65. The lowest BCUT2D eigenvalue weighted by atomic mass is 10.2. The summed E-state index contributed by atoms with van der Waals surface area (Å²) in [4.78, 5) is 0. The molecule has 0 unspecified atom stereocenters. The second kappa shape index (κ2) is 4.45. The number of hydrogen-bond acceptors (Lipinski definition) is 5. The molecule has 19 heavy (non-hydrogen) atoms. The van der Waals surface area contributed by atoms with E-state index in [-0.39, 0.29) is 11.5 Å². The molecule has 2 N–H and O–H groups in total. The quantitative estimate of drug-likeness (QED) is 0.472. The lowest BCUT2D eigenvalue weighted by Crippen LogP contribution is -1.74. The Morgan fingerprint density at radius 2 is 1.11 bits per heavy atom. The molecule has 0 amide bonds. The predicted octanol–water partition coefficient (Wildman–Crippen LogP) is 2.91. The summed E-state index contributed by atoms with van der Waals surface area (Å²) in [6.45, 7) is 0. The third kappa shape index (κ3) is 2.13. The van der Waals surface area contributed by atoms with E-state index < -0.39 is 0 Å². The van der Waals surface area contributed by atoms with Gasteiger partial charge in [0.15, 0.2) is 0 Å². The zero-order chi connectivity index (χ0) is 13.2. The zero-order valence-electron chi connectivity index (χ0n) is 9.82. The molecule has 0 aliphatic rings. The second-order valence-electron chi connectivity index (χ2n) is 3.97. The smallest absolute Gasteiger partial charge is 0.248 e. The third-order valence-corrected chi connectivity index (χ3v) is 2.66. The fourth-order valence-electron chi connectivity index (χ4n) is 1.75. The molecule has 0 radical (unpaired) electrons. The topological polar surface area (TPSA) is 79.4 Å². The molecule has 2 aromatic heterocycles. The minimum Gasteiger partial charge on any atom is -0.508 e. The van der Waals surface area contributed by atoms with Gasteiger partial charge in [0, 0.05) is 0 Å². The summed E-state index contributed by atoms with van der Waals surface area (Å²) in [6, 6.07) is 13.6. The van der Waals surface area contributed by atoms with Crippen LogP contribution in [0.2, 0.25) is 0 Å². The third-order valence-electron chi connectivity index (χ3n) is 2.66. The molecule has 0 spiro atoms. The van der Waals surface area contributed by atoms with Crippen LogP contribution >= 0.6 is 0 Å². The Bertz CT molecular complexity index is 728. The van der Waals surface area contributed by atoms with Gasteiger partial charge in [0.25, 0.3) is 0 Å². The molecular formula is C14H10N2O3. The van der Waals surface area contributed by atoms with Gasteiger partial charge < -0.3 is 14.6 Å². The highest BCUT2D eigenvalue weighted by molar-refractivity contribution is 6.02. The highest BCUT2D eigenvalue weighted by Gasteiger charge is 2.09. The van der Waals surface area contributed by atoms with Crippen LogP contribution in [-0.2, 0) is 0 Å². The Labute approximate surface area is 108 Å². The fourth-order valence-corrected chi connectivity index (χ4v) is 1.75. The van der Waals surface area contributed by atoms with Gasteiger partial charge in [0.2, 0.25) is 11.4 Å². The van der Waals surface area contributed by atoms with Gasteiger partial charge in [0.05, 0.1) is 10.8 Å². The first-order valence-electron chi connectivity index (χ1n) is 5.65. The fraction of sp³-hybridized carbons (Fsp3) is 0. The summed E-state index contributed by atoms with van der Waals surface area (Å²) < 4.78 is 5.24. The predicted molar refractivity (Wildman–Crippen MR) is 70.3 cm³/mol. The van der Waals surface area contributed by atoms with Crippen molar-refractivity contribution in [3.63, 3.8) is 0 Å². The molecule has 0 atom stereocenters. The van der Waals surface area contributed by atoms with Crippen LogP contribution in [0.15, 0.2) is 52.9 Å². The maximum atomic E-state index is 8.65. The van der Waals surface area contributed by atoms with E-state index in [0.717, 1.165) is 10.8 Å². The molecular weight excluding hydrogens is 244 g/mol. The number of fused-ring (bicyclic) bond motifs is 5. The van der Waals surface area contributed by atoms with Crippen molar-refractivity contribution >= 4 is 22.2 Å². The highest BCUT2D eigenvalue weighted by Crippen LogP contribution is 2.26. The first-order valence-corrected chi connectivity index (χ1v) is 5.65. The second-order valence-corrected chi connectivity index (χ2v) is 3.97. The van der Waals surface area contributed by atoms with Crippen LogP contribution in [0, 0.1) is 0 Å². The maximum Gasteiger partial charge on any atom is 0.248 e. The number of phenols is 2. The lowest BCUT2D eigenvalue weighted by molar-refractivity contribution is 0.460. The molecule has 2 heterocycles. The van der Waals surface area contributed by atoms with Crippen LogP contribution in [-0.4, -0.2) is 20.4 Å². The average molecular weight is 254 g/mol. The van der Waals surface area contributed by atoms with Crippen LogP contribution in [0.4, 0.5) is 0 Å². The van der Waals surface area contributed by atoms with Crippen molar-refractivity contribution in [2.45, 2.75) is 0 Å². The van der Waals surface area contributed by atoms with E-state index in [4.69, 9.17) is 14.6 Å². The number of hydrogen-bond donors (Lipinski definition) is 2. The van der Waals surface area contributed by atoms with E-state index in [1.165, 1.54) is 24.3 Å². The molecule has 2 aromatic carbocycles. The molecule has 4 rings (SSSR count). The van der Waals surface area contributed by atoms with Crippen molar-refractivity contribution in [2.24, 2.45) is 0 Å². The van der Waals surface area contributed by atoms with Crippen LogP contribution in [0.3, 0.4) is 0 Å². The number of benzene rings is 2. The van der Waals surface area contributed by atoms with Gasteiger partial charge in [-0.3, -0.25) is 0 Å². The average Bonchev–Trinajstić information content (AvgIpc) is 3.05. The molecule has 94 valence electrons. The summed E-state index contributed by atoms with van der Waals surface area (Å²) in [7, 11) is 0.